The summed E-state index contributed by atoms with van der Waals surface area (Å²) in [5.74, 6) is -55.0. The number of halogens is 36. The topological polar surface area (TPSA) is 449 Å². The zero-order valence-electron chi connectivity index (χ0n) is 42.1. The maximum atomic E-state index is 11.5. The second-order valence-electron chi connectivity index (χ2n) is 14.4. The second kappa shape index (κ2) is 44.3. The molecule has 0 rings (SSSR count). The monoisotopic (exact) mass is 2400 g/mol. The van der Waals surface area contributed by atoms with Crippen LogP contribution in [0.5, 0.6) is 0 Å². The van der Waals surface area contributed by atoms with Gasteiger partial charge in [-0.1, -0.05) is 25.7 Å². The summed E-state index contributed by atoms with van der Waals surface area (Å²) in [6.45, 7) is 0. The second-order valence-corrected chi connectivity index (χ2v) is 14.4. The van der Waals surface area contributed by atoms with Crippen molar-refractivity contribution in [2.45, 2.75) is 146 Å². The summed E-state index contributed by atoms with van der Waals surface area (Å²) < 4.78 is 411. The van der Waals surface area contributed by atoms with E-state index in [9.17, 15) is 260 Å². The Morgan fingerprint density at radius 3 is 0.347 bits per heavy atom. The van der Waals surface area contributed by atoms with Gasteiger partial charge in [-0.3, -0.25) is 9.59 Å². The van der Waals surface area contributed by atoms with Crippen molar-refractivity contribution in [1.82, 2.24) is 0 Å². The molecular weight excluding hydrogens is 2380 g/mol. The molecule has 0 N–H and O–H groups in total. The molecule has 0 unspecified atom stereocenters. The van der Waals surface area contributed by atoms with Crippen LogP contribution in [0.1, 0.15) is 25.7 Å². The summed E-state index contributed by atoms with van der Waals surface area (Å²) in [5, 5.41) is 180. The molecule has 65 heteroatoms. The number of allylic oxidation sites excluding steroid dienone is 4. The van der Waals surface area contributed by atoms with Gasteiger partial charge in [0.2, 0.25) is 0 Å². The smallest absolute Gasteiger partial charge is 0.869 e. The molecular formula is C30H10CuF36O20Sn8. The van der Waals surface area contributed by atoms with Crippen LogP contribution < -0.4 is 91.9 Å². The Balaban J connectivity index is -0.0000000611. The maximum absolute atomic E-state index is 11.5. The average Bonchev–Trinajstić information content (AvgIpc) is 3.12. The Kier molecular flexibility index (Phi) is 62.1. The number of rotatable bonds is 10. The molecule has 0 saturated heterocycles. The van der Waals surface area contributed by atoms with Gasteiger partial charge in [0, 0.05) is 0 Å². The van der Waals surface area contributed by atoms with Gasteiger partial charge < -0.3 is 91.9 Å². The molecule has 0 aromatic rings. The molecule has 0 aromatic carbocycles. The Labute approximate surface area is 643 Å². The molecule has 0 aliphatic carbocycles. The van der Waals surface area contributed by atoms with Gasteiger partial charge >= 0.3 is 282 Å². The van der Waals surface area contributed by atoms with Crippen molar-refractivity contribution >= 4 is 203 Å². The Bertz CT molecular complexity index is 1870. The largest absolute Gasteiger partial charge is 2.00 e. The van der Waals surface area contributed by atoms with Crippen LogP contribution in [-0.4, -0.2) is 323 Å². The first-order valence-electron chi connectivity index (χ1n) is 17.9. The van der Waals surface area contributed by atoms with E-state index < -0.39 is 181 Å². The minimum Gasteiger partial charge on any atom is -0.869 e. The quantitative estimate of drug-likeness (QED) is 0.0644. The van der Waals surface area contributed by atoms with Crippen LogP contribution in [0.2, 0.25) is 0 Å². The summed E-state index contributed by atoms with van der Waals surface area (Å²) >= 11 is 0. The Morgan fingerprint density at radius 2 is 0.295 bits per heavy atom. The molecule has 0 saturated carbocycles. The van der Waals surface area contributed by atoms with Gasteiger partial charge in [-0.05, 0) is 23.7 Å². The molecule has 0 aromatic heterocycles. The molecule has 0 spiro atoms. The first kappa shape index (κ1) is 133. The van der Waals surface area contributed by atoms with Crippen molar-refractivity contribution < 1.29 is 277 Å². The zero-order chi connectivity index (χ0) is 72.6. The van der Waals surface area contributed by atoms with E-state index in [0.717, 1.165) is 0 Å². The molecule has 0 heterocycles. The van der Waals surface area contributed by atoms with Gasteiger partial charge in [0.25, 0.3) is 11.6 Å². The summed E-state index contributed by atoms with van der Waals surface area (Å²) in [4.78, 5) is 19.6. The van der Waals surface area contributed by atoms with Crippen LogP contribution in [-0.2, 0) is 26.7 Å². The average molecular weight is 2390 g/mol. The van der Waals surface area contributed by atoms with E-state index in [-0.39, 0.29) is 208 Å². The third kappa shape index (κ3) is 50.3. The van der Waals surface area contributed by atoms with E-state index in [1.807, 2.05) is 0 Å². The van der Waals surface area contributed by atoms with Crippen molar-refractivity contribution in [2.24, 2.45) is 0 Å². The van der Waals surface area contributed by atoms with Crippen LogP contribution in [0.25, 0.3) is 0 Å². The number of carbonyl (C=O) groups is 2. The number of carbonyl (C=O) groups excluding carboxylic acids is 2. The number of ketones is 2. The van der Waals surface area contributed by atoms with Crippen LogP contribution in [0.3, 0.4) is 0 Å². The standard InChI is InChI=1S/4C5H2F6O4.2C5H2F6O2.Cu.8Sn/c4*6-4(7,8)2(12,13)1-3(14,15)5(9,10)11;2*6-4(7,8)2(12)1-3(13)5(9,10)11;;;;;;;;;/h4*1H2;2*1,12H;;;;;;;;;/q4*-4;;;9*+2/p-2/b;;;;2*2-1-;;;;;;;;;. The van der Waals surface area contributed by atoms with E-state index in [2.05, 4.69) is 0 Å². The molecule has 545 valence electrons. The van der Waals surface area contributed by atoms with Gasteiger partial charge in [-0.2, -0.15) is 158 Å². The molecule has 0 aliphatic rings. The fraction of sp³-hybridized carbons (Fsp3) is 0.800. The van der Waals surface area contributed by atoms with Crippen molar-refractivity contribution in [3.05, 3.63) is 23.7 Å². The summed E-state index contributed by atoms with van der Waals surface area (Å²) in [6, 6.07) is 0. The molecule has 20 nitrogen and oxygen atoms in total. The van der Waals surface area contributed by atoms with Gasteiger partial charge in [0.05, 0.1) is 0 Å². The summed E-state index contributed by atoms with van der Waals surface area (Å²) in [7, 11) is 0. The summed E-state index contributed by atoms with van der Waals surface area (Å²) in [5.41, 5.74) is 0. The molecule has 0 fully saturated rings. The van der Waals surface area contributed by atoms with E-state index in [1.54, 1.807) is 0 Å². The van der Waals surface area contributed by atoms with Crippen LogP contribution in [0.15, 0.2) is 23.7 Å². The molecule has 0 bridgehead atoms. The third-order valence-electron chi connectivity index (χ3n) is 6.96. The molecule has 0 atom stereocenters. The van der Waals surface area contributed by atoms with Crippen molar-refractivity contribution in [2.75, 3.05) is 0 Å². The first-order valence-corrected chi connectivity index (χ1v) is 17.9. The predicted octanol–water partition coefficient (Wildman–Crippen LogP) is -11.9. The van der Waals surface area contributed by atoms with Crippen LogP contribution in [0.4, 0.5) is 158 Å². The van der Waals surface area contributed by atoms with E-state index >= 15 is 0 Å². The molecule has 17 radical (unpaired) electrons. The van der Waals surface area contributed by atoms with Gasteiger partial charge in [-0.25, -0.2) is 0 Å². The van der Waals surface area contributed by atoms with E-state index in [1.165, 1.54) is 0 Å². The SMILES string of the molecule is O=C(/C=C(\[O-])C(F)(F)F)C(F)(F)F.O=C(/C=C(\[O-])C(F)(F)F)C(F)(F)F.[Cu+2].[O-]C([O-])(CC([O-])([O-])C(F)(F)F)C(F)(F)F.[O-]C([O-])(CC([O-])([O-])C(F)(F)F)C(F)(F)F.[O-]C([O-])(CC([O-])([O-])C(F)(F)F)C(F)(F)F.[O-]C([O-])(CC([O-])([O-])C(F)(F)F)C(F)(F)F.[Sn+2].[Sn+2].[Sn+2].[Sn+2].[Sn+2].[Sn+2].[Sn+2].[Sn+2]. The van der Waals surface area contributed by atoms with Gasteiger partial charge in [0.15, 0.2) is 0 Å². The predicted molar refractivity (Wildman–Crippen MR) is 185 cm³/mol. The first-order chi connectivity index (χ1) is 35.9. The third-order valence-corrected chi connectivity index (χ3v) is 6.96. The van der Waals surface area contributed by atoms with Crippen molar-refractivity contribution in [3.63, 3.8) is 0 Å². The molecule has 0 aliphatic heterocycles. The van der Waals surface area contributed by atoms with Crippen LogP contribution >= 0.6 is 0 Å². The van der Waals surface area contributed by atoms with Crippen molar-refractivity contribution in [3.8, 4) is 0 Å². The Morgan fingerprint density at radius 1 is 0.211 bits per heavy atom. The fourth-order valence-corrected chi connectivity index (χ4v) is 2.59. The zero-order valence-corrected chi connectivity index (χ0v) is 65.8. The fourth-order valence-electron chi connectivity index (χ4n) is 2.59. The number of hydrogen-bond acceptors (Lipinski definition) is 20. The Hall–Kier alpha value is 2.17. The van der Waals surface area contributed by atoms with Gasteiger partial charge in [0.1, 0.15) is 0 Å². The molecule has 0 amide bonds. The normalized spacial score (nSPS) is 13.8. The van der Waals surface area contributed by atoms with Crippen LogP contribution in [0, 0.1) is 0 Å². The summed E-state index contributed by atoms with van der Waals surface area (Å²) in [6.07, 6.45) is -85.8. The molecule has 95 heavy (non-hydrogen) atoms. The minimum absolute atomic E-state index is 0. The number of hydrogen-bond donors (Lipinski definition) is 0. The minimum atomic E-state index is -6.14. The van der Waals surface area contributed by atoms with Crippen molar-refractivity contribution in [1.29, 1.82) is 0 Å². The van der Waals surface area contributed by atoms with E-state index in [4.69, 9.17) is 0 Å². The van der Waals surface area contributed by atoms with Gasteiger partial charge in [-0.15, -0.1) is 46.3 Å². The van der Waals surface area contributed by atoms with E-state index in [0.29, 0.717) is 0 Å². The maximum Gasteiger partial charge on any atom is 2.00 e. The number of alkyl halides is 36.